The van der Waals surface area contributed by atoms with Crippen molar-refractivity contribution in [2.24, 2.45) is 0 Å². The Kier molecular flexibility index (Phi) is 4.60. The van der Waals surface area contributed by atoms with E-state index in [2.05, 4.69) is 15.9 Å². The van der Waals surface area contributed by atoms with Crippen molar-refractivity contribution in [2.45, 2.75) is 6.92 Å². The van der Waals surface area contributed by atoms with Crippen LogP contribution in [0, 0.1) is 0 Å². The molecule has 0 saturated heterocycles. The third kappa shape index (κ3) is 3.11. The van der Waals surface area contributed by atoms with Gasteiger partial charge in [0.15, 0.2) is 0 Å². The summed E-state index contributed by atoms with van der Waals surface area (Å²) in [6, 6.07) is 10.3. The molecule has 3 amide bonds. The topological polar surface area (TPSA) is 97.8 Å². The molecule has 0 aliphatic carbocycles. The van der Waals surface area contributed by atoms with E-state index in [0.29, 0.717) is 4.47 Å². The van der Waals surface area contributed by atoms with E-state index in [0.717, 1.165) is 9.80 Å². The average molecular weight is 416 g/mol. The summed E-state index contributed by atoms with van der Waals surface area (Å²) in [7, 11) is 0. The molecule has 3 rings (SSSR count). The van der Waals surface area contributed by atoms with Gasteiger partial charge in [-0.05, 0) is 35.9 Å². The Morgan fingerprint density at radius 2 is 1.77 bits per heavy atom. The van der Waals surface area contributed by atoms with E-state index in [1.165, 1.54) is 37.3 Å². The highest BCUT2D eigenvalue weighted by Gasteiger charge is 2.37. The van der Waals surface area contributed by atoms with Crippen molar-refractivity contribution < 1.29 is 24.3 Å². The molecular formula is C18H12BrN2O5-. The number of anilines is 1. The second-order valence-corrected chi connectivity index (χ2v) is 6.57. The van der Waals surface area contributed by atoms with Crippen LogP contribution in [0.15, 0.2) is 46.9 Å². The standard InChI is InChI=1S/C18H13BrN2O5/c1-10(22)20(13-4-2-3-11(7-13)18(25)26)9-21-16(23)14-6-5-12(19)8-15(14)17(21)24/h2-8H,9H2,1H3,(H,25,26)/p-1. The van der Waals surface area contributed by atoms with Gasteiger partial charge in [0.25, 0.3) is 11.8 Å². The number of benzene rings is 2. The molecule has 7 nitrogen and oxygen atoms in total. The van der Waals surface area contributed by atoms with Gasteiger partial charge in [-0.1, -0.05) is 28.1 Å². The molecule has 132 valence electrons. The minimum absolute atomic E-state index is 0.111. The number of carbonyl (C=O) groups excluding carboxylic acids is 4. The maximum Gasteiger partial charge on any atom is 0.263 e. The normalized spacial score (nSPS) is 12.9. The monoisotopic (exact) mass is 415 g/mol. The van der Waals surface area contributed by atoms with Gasteiger partial charge in [-0.2, -0.15) is 0 Å². The zero-order chi connectivity index (χ0) is 19.0. The van der Waals surface area contributed by atoms with Crippen molar-refractivity contribution in [1.29, 1.82) is 0 Å². The van der Waals surface area contributed by atoms with E-state index in [-0.39, 0.29) is 29.0 Å². The van der Waals surface area contributed by atoms with Crippen LogP contribution in [0.1, 0.15) is 38.0 Å². The number of carboxylic acid groups (broad SMARTS) is 1. The molecule has 2 aromatic rings. The first-order valence-electron chi connectivity index (χ1n) is 7.55. The number of nitrogens with zero attached hydrogens (tertiary/aromatic N) is 2. The Balaban J connectivity index is 1.94. The second-order valence-electron chi connectivity index (χ2n) is 5.65. The quantitative estimate of drug-likeness (QED) is 0.703. The van der Waals surface area contributed by atoms with Gasteiger partial charge in [0.05, 0.1) is 17.1 Å². The molecule has 0 fully saturated rings. The number of hydrogen-bond donors (Lipinski definition) is 0. The molecule has 1 aliphatic heterocycles. The first-order valence-corrected chi connectivity index (χ1v) is 8.34. The van der Waals surface area contributed by atoms with E-state index in [9.17, 15) is 24.3 Å². The lowest BCUT2D eigenvalue weighted by Crippen LogP contribution is -2.43. The van der Waals surface area contributed by atoms with E-state index in [4.69, 9.17) is 0 Å². The smallest absolute Gasteiger partial charge is 0.263 e. The molecule has 0 N–H and O–H groups in total. The number of fused-ring (bicyclic) bond motifs is 1. The SMILES string of the molecule is CC(=O)N(CN1C(=O)c2ccc(Br)cc2C1=O)c1cccc(C(=O)[O-])c1. The Morgan fingerprint density at radius 1 is 1.08 bits per heavy atom. The highest BCUT2D eigenvalue weighted by Crippen LogP contribution is 2.27. The Bertz CT molecular complexity index is 956. The largest absolute Gasteiger partial charge is 0.545 e. The Morgan fingerprint density at radius 3 is 2.42 bits per heavy atom. The molecule has 0 atom stereocenters. The molecule has 0 aromatic heterocycles. The van der Waals surface area contributed by atoms with Crippen molar-refractivity contribution in [1.82, 2.24) is 4.90 Å². The van der Waals surface area contributed by atoms with Crippen molar-refractivity contribution in [3.8, 4) is 0 Å². The Hall–Kier alpha value is -3.00. The van der Waals surface area contributed by atoms with E-state index in [1.807, 2.05) is 0 Å². The van der Waals surface area contributed by atoms with Gasteiger partial charge in [0.1, 0.15) is 6.67 Å². The van der Waals surface area contributed by atoms with Gasteiger partial charge in [-0.3, -0.25) is 24.2 Å². The lowest BCUT2D eigenvalue weighted by molar-refractivity contribution is -0.255. The fraction of sp³-hybridized carbons (Fsp3) is 0.111. The van der Waals surface area contributed by atoms with Gasteiger partial charge in [0, 0.05) is 17.1 Å². The van der Waals surface area contributed by atoms with Gasteiger partial charge < -0.3 is 9.90 Å². The van der Waals surface area contributed by atoms with Crippen molar-refractivity contribution in [3.05, 3.63) is 63.6 Å². The number of amides is 3. The molecule has 0 spiro atoms. The highest BCUT2D eigenvalue weighted by molar-refractivity contribution is 9.10. The summed E-state index contributed by atoms with van der Waals surface area (Å²) in [5, 5.41) is 11.0. The maximum atomic E-state index is 12.6. The van der Waals surface area contributed by atoms with E-state index >= 15 is 0 Å². The van der Waals surface area contributed by atoms with Crippen LogP contribution in [0.4, 0.5) is 5.69 Å². The first kappa shape index (κ1) is 17.8. The number of halogens is 1. The van der Waals surface area contributed by atoms with Gasteiger partial charge in [0.2, 0.25) is 5.91 Å². The van der Waals surface area contributed by atoms with Crippen molar-refractivity contribution in [3.63, 3.8) is 0 Å². The number of carboxylic acids is 1. The molecule has 26 heavy (non-hydrogen) atoms. The zero-order valence-corrected chi connectivity index (χ0v) is 15.1. The summed E-state index contributed by atoms with van der Waals surface area (Å²) in [5.41, 5.74) is 0.638. The van der Waals surface area contributed by atoms with Crippen molar-refractivity contribution >= 4 is 45.3 Å². The van der Waals surface area contributed by atoms with Crippen LogP contribution in [-0.4, -0.2) is 35.3 Å². The lowest BCUT2D eigenvalue weighted by atomic mass is 10.1. The molecule has 1 heterocycles. The Labute approximate surface area is 156 Å². The summed E-state index contributed by atoms with van der Waals surface area (Å²) in [6.45, 7) is 0.941. The molecule has 0 bridgehead atoms. The molecule has 0 radical (unpaired) electrons. The number of rotatable bonds is 4. The molecule has 0 unspecified atom stereocenters. The number of hydrogen-bond acceptors (Lipinski definition) is 5. The molecule has 0 saturated carbocycles. The summed E-state index contributed by atoms with van der Waals surface area (Å²) in [4.78, 5) is 50.3. The number of imide groups is 1. The van der Waals surface area contributed by atoms with Crippen LogP contribution < -0.4 is 10.0 Å². The van der Waals surface area contributed by atoms with Crippen LogP contribution in [0.25, 0.3) is 0 Å². The number of aromatic carboxylic acids is 1. The van der Waals surface area contributed by atoms with Crippen LogP contribution in [0.3, 0.4) is 0 Å². The summed E-state index contributed by atoms with van der Waals surface area (Å²) >= 11 is 3.26. The van der Waals surface area contributed by atoms with Crippen LogP contribution in [0.5, 0.6) is 0 Å². The van der Waals surface area contributed by atoms with Crippen LogP contribution >= 0.6 is 15.9 Å². The lowest BCUT2D eigenvalue weighted by Gasteiger charge is -2.26. The minimum Gasteiger partial charge on any atom is -0.545 e. The summed E-state index contributed by atoms with van der Waals surface area (Å²) in [6.07, 6.45) is 0. The average Bonchev–Trinajstić information content (AvgIpc) is 2.83. The third-order valence-corrected chi connectivity index (χ3v) is 4.48. The predicted molar refractivity (Wildman–Crippen MR) is 93.4 cm³/mol. The summed E-state index contributed by atoms with van der Waals surface area (Å²) < 4.78 is 0.657. The zero-order valence-electron chi connectivity index (χ0n) is 13.6. The molecular weight excluding hydrogens is 404 g/mol. The maximum absolute atomic E-state index is 12.6. The van der Waals surface area contributed by atoms with Gasteiger partial charge >= 0.3 is 0 Å². The molecule has 8 heteroatoms. The molecule has 2 aromatic carbocycles. The van der Waals surface area contributed by atoms with E-state index in [1.54, 1.807) is 12.1 Å². The fourth-order valence-electron chi connectivity index (χ4n) is 2.70. The second kappa shape index (κ2) is 6.72. The number of carbonyl (C=O) groups is 4. The predicted octanol–water partition coefficient (Wildman–Crippen LogP) is 1.42. The van der Waals surface area contributed by atoms with Gasteiger partial charge in [-0.15, -0.1) is 0 Å². The minimum atomic E-state index is -1.39. The third-order valence-electron chi connectivity index (χ3n) is 3.99. The van der Waals surface area contributed by atoms with Crippen LogP contribution in [0.2, 0.25) is 0 Å². The first-order chi connectivity index (χ1) is 12.3. The summed E-state index contributed by atoms with van der Waals surface area (Å²) in [5.74, 6) is -2.87. The molecule has 1 aliphatic rings. The van der Waals surface area contributed by atoms with Crippen molar-refractivity contribution in [2.75, 3.05) is 11.6 Å². The van der Waals surface area contributed by atoms with E-state index < -0.39 is 23.7 Å². The fourth-order valence-corrected chi connectivity index (χ4v) is 3.06. The van der Waals surface area contributed by atoms with Gasteiger partial charge in [-0.25, -0.2) is 0 Å². The van der Waals surface area contributed by atoms with Crippen LogP contribution in [-0.2, 0) is 4.79 Å². The highest BCUT2D eigenvalue weighted by atomic mass is 79.9.